The fourth-order valence-electron chi connectivity index (χ4n) is 8.47. The molecule has 302 valence electrons. The van der Waals surface area contributed by atoms with E-state index in [9.17, 15) is 14.4 Å². The first-order valence-corrected chi connectivity index (χ1v) is 20.3. The van der Waals surface area contributed by atoms with E-state index in [1.807, 2.05) is 63.2 Å². The zero-order valence-electron chi connectivity index (χ0n) is 32.4. The number of esters is 1. The third-order valence-electron chi connectivity index (χ3n) is 11.8. The van der Waals surface area contributed by atoms with Crippen LogP contribution in [0.4, 0.5) is 4.79 Å². The molecule has 57 heavy (non-hydrogen) atoms. The molecule has 1 N–H and O–H groups in total. The van der Waals surface area contributed by atoms with Gasteiger partial charge < -0.3 is 29.5 Å². The number of carbonyl (C=O) groups is 3. The molecule has 0 bridgehead atoms. The Labute approximate surface area is 343 Å². The van der Waals surface area contributed by atoms with Crippen molar-refractivity contribution in [2.24, 2.45) is 15.4 Å². The molecule has 0 radical (unpaired) electrons. The molecule has 3 amide bonds. The Morgan fingerprint density at radius 1 is 0.895 bits per heavy atom. The summed E-state index contributed by atoms with van der Waals surface area (Å²) in [5, 5.41) is 16.1. The van der Waals surface area contributed by atoms with Crippen molar-refractivity contribution >= 4 is 47.3 Å². The van der Waals surface area contributed by atoms with E-state index in [4.69, 9.17) is 37.7 Å². The van der Waals surface area contributed by atoms with Crippen LogP contribution in [0.15, 0.2) is 76.2 Å². The molecule has 5 heterocycles. The molecule has 7 rings (SSSR count). The topological polar surface area (TPSA) is 145 Å². The highest BCUT2D eigenvalue weighted by Crippen LogP contribution is 2.42. The van der Waals surface area contributed by atoms with E-state index in [0.29, 0.717) is 80.1 Å². The van der Waals surface area contributed by atoms with Crippen LogP contribution in [0, 0.1) is 0 Å². The molecule has 2 atom stereocenters. The van der Waals surface area contributed by atoms with E-state index >= 15 is 0 Å². The number of rotatable bonds is 12. The van der Waals surface area contributed by atoms with Gasteiger partial charge in [0.05, 0.1) is 53.3 Å². The fourth-order valence-corrected chi connectivity index (χ4v) is 8.77. The number of piperazine rings is 1. The number of nitrogens with zero attached hydrogens (tertiary/aromatic N) is 8. The molecule has 1 aromatic heterocycles. The fraction of sp³-hybridized carbons (Fsp3) is 0.488. The van der Waals surface area contributed by atoms with E-state index in [0.717, 1.165) is 49.3 Å². The predicted octanol–water partition coefficient (Wildman–Crippen LogP) is 5.95. The van der Waals surface area contributed by atoms with Crippen LogP contribution in [0.25, 0.3) is 0 Å². The summed E-state index contributed by atoms with van der Waals surface area (Å²) in [5.74, 6) is 0.136. The number of urea groups is 1. The monoisotopic (exact) mass is 817 g/mol. The maximum atomic E-state index is 14.3. The second-order valence-electron chi connectivity index (χ2n) is 15.1. The number of likely N-dealkylation sites (tertiary alicyclic amines) is 2. The first-order chi connectivity index (χ1) is 27.6. The highest BCUT2D eigenvalue weighted by Gasteiger charge is 2.44. The number of ether oxygens (including phenoxy) is 2. The number of aromatic nitrogens is 1. The molecule has 0 saturated carbocycles. The van der Waals surface area contributed by atoms with Crippen LogP contribution in [-0.4, -0.2) is 128 Å². The average molecular weight is 819 g/mol. The van der Waals surface area contributed by atoms with Crippen molar-refractivity contribution in [3.63, 3.8) is 0 Å². The van der Waals surface area contributed by atoms with Gasteiger partial charge in [0.2, 0.25) is 0 Å². The largest absolute Gasteiger partial charge is 0.496 e. The average Bonchev–Trinajstić information content (AvgIpc) is 3.94. The van der Waals surface area contributed by atoms with Gasteiger partial charge in [0.15, 0.2) is 0 Å². The third-order valence-corrected chi connectivity index (χ3v) is 12.6. The van der Waals surface area contributed by atoms with Gasteiger partial charge in [-0.25, -0.2) is 4.79 Å². The standard InChI is InChI=1S/C41H49Cl2N9O5/c1-3-57-37(53)27-50-20-22-51(23-21-50)39(55)46-41(36-6-4-5-15-44-36)13-17-49(18-14-41)16-11-40(30-8-9-32(42)33(43)25-30)12-19-52(28-40)38(54)31-24-29(7-10-35(31)56-2)34-26-45-48-47-34/h4-10,15,24-26,34H,3,11-14,16-23,27-28H2,1-2H3,(H,46,55). The Hall–Kier alpha value is -4.63. The maximum Gasteiger partial charge on any atom is 0.320 e. The highest BCUT2D eigenvalue weighted by molar-refractivity contribution is 6.42. The van der Waals surface area contributed by atoms with Crippen LogP contribution >= 0.6 is 23.2 Å². The predicted molar refractivity (Wildman–Crippen MR) is 217 cm³/mol. The van der Waals surface area contributed by atoms with Gasteiger partial charge in [0, 0.05) is 64.0 Å². The minimum atomic E-state index is -0.631. The summed E-state index contributed by atoms with van der Waals surface area (Å²) in [6.45, 7) is 7.94. The van der Waals surface area contributed by atoms with Gasteiger partial charge >= 0.3 is 12.0 Å². The van der Waals surface area contributed by atoms with Gasteiger partial charge in [0.1, 0.15) is 11.8 Å². The van der Waals surface area contributed by atoms with Gasteiger partial charge in [-0.05, 0) is 91.9 Å². The van der Waals surface area contributed by atoms with Crippen molar-refractivity contribution in [3.8, 4) is 5.75 Å². The van der Waals surface area contributed by atoms with E-state index < -0.39 is 5.54 Å². The number of halogens is 2. The summed E-state index contributed by atoms with van der Waals surface area (Å²) in [7, 11) is 1.57. The minimum Gasteiger partial charge on any atom is -0.496 e. The lowest BCUT2D eigenvalue weighted by Crippen LogP contribution is -2.59. The van der Waals surface area contributed by atoms with Crippen molar-refractivity contribution in [2.75, 3.05) is 79.2 Å². The van der Waals surface area contributed by atoms with Crippen LogP contribution < -0.4 is 10.1 Å². The summed E-state index contributed by atoms with van der Waals surface area (Å²) in [4.78, 5) is 53.0. The number of piperidine rings is 1. The number of amides is 3. The van der Waals surface area contributed by atoms with Crippen molar-refractivity contribution in [1.29, 1.82) is 0 Å². The zero-order chi connectivity index (χ0) is 40.0. The molecular formula is C41H49Cl2N9O5. The highest BCUT2D eigenvalue weighted by atomic mass is 35.5. The Balaban J connectivity index is 1.04. The number of pyridine rings is 1. The molecule has 3 saturated heterocycles. The quantitative estimate of drug-likeness (QED) is 0.221. The summed E-state index contributed by atoms with van der Waals surface area (Å²) >= 11 is 13.0. The van der Waals surface area contributed by atoms with E-state index in [-0.39, 0.29) is 35.9 Å². The van der Waals surface area contributed by atoms with Crippen LogP contribution in [0.3, 0.4) is 0 Å². The maximum absolute atomic E-state index is 14.3. The van der Waals surface area contributed by atoms with Crippen molar-refractivity contribution < 1.29 is 23.9 Å². The molecule has 14 nitrogen and oxygen atoms in total. The Bertz CT molecular complexity index is 1970. The molecule has 3 aromatic rings. The molecule has 0 aliphatic carbocycles. The lowest BCUT2D eigenvalue weighted by atomic mass is 9.76. The first-order valence-electron chi connectivity index (χ1n) is 19.6. The summed E-state index contributed by atoms with van der Waals surface area (Å²) in [6, 6.07) is 16.7. The van der Waals surface area contributed by atoms with E-state index in [1.165, 1.54) is 0 Å². The van der Waals surface area contributed by atoms with Crippen molar-refractivity contribution in [1.82, 2.24) is 29.9 Å². The molecule has 3 fully saturated rings. The number of hydrogen-bond donors (Lipinski definition) is 1. The van der Waals surface area contributed by atoms with Gasteiger partial charge in [-0.15, -0.1) is 5.10 Å². The molecule has 2 aromatic carbocycles. The van der Waals surface area contributed by atoms with Crippen molar-refractivity contribution in [2.45, 2.75) is 49.6 Å². The lowest BCUT2D eigenvalue weighted by molar-refractivity contribution is -0.144. The first kappa shape index (κ1) is 40.6. The second kappa shape index (κ2) is 17.9. The summed E-state index contributed by atoms with van der Waals surface area (Å²) in [5.41, 5.74) is 2.17. The number of hydrogen-bond acceptors (Lipinski definition) is 11. The number of methoxy groups -OCH3 is 1. The molecule has 4 aliphatic heterocycles. The Morgan fingerprint density at radius 2 is 1.70 bits per heavy atom. The van der Waals surface area contributed by atoms with E-state index in [1.54, 1.807) is 32.5 Å². The number of benzene rings is 2. The smallest absolute Gasteiger partial charge is 0.320 e. The van der Waals surface area contributed by atoms with E-state index in [2.05, 4.69) is 25.7 Å². The van der Waals surface area contributed by atoms with Gasteiger partial charge in [-0.2, -0.15) is 5.11 Å². The minimum absolute atomic E-state index is 0.114. The van der Waals surface area contributed by atoms with Gasteiger partial charge in [-0.3, -0.25) is 19.5 Å². The zero-order valence-corrected chi connectivity index (χ0v) is 33.9. The van der Waals surface area contributed by atoms with Crippen LogP contribution in [0.2, 0.25) is 10.0 Å². The summed E-state index contributed by atoms with van der Waals surface area (Å²) in [6.07, 6.45) is 6.32. The second-order valence-corrected chi connectivity index (χ2v) is 16.0. The van der Waals surface area contributed by atoms with Gasteiger partial charge in [-0.1, -0.05) is 41.4 Å². The third kappa shape index (κ3) is 9.09. The molecule has 2 unspecified atom stereocenters. The molecular weight excluding hydrogens is 769 g/mol. The Morgan fingerprint density at radius 3 is 2.39 bits per heavy atom. The number of nitrogens with one attached hydrogen (secondary N) is 1. The summed E-state index contributed by atoms with van der Waals surface area (Å²) < 4.78 is 10.8. The lowest BCUT2D eigenvalue weighted by Gasteiger charge is -2.44. The Kier molecular flexibility index (Phi) is 12.7. The van der Waals surface area contributed by atoms with Gasteiger partial charge in [0.25, 0.3) is 5.91 Å². The molecule has 0 spiro atoms. The van der Waals surface area contributed by atoms with Crippen LogP contribution in [-0.2, 0) is 20.5 Å². The molecule has 16 heteroatoms. The number of carbonyl (C=O) groups excluding carboxylic acids is 3. The van der Waals surface area contributed by atoms with Crippen LogP contribution in [0.1, 0.15) is 65.8 Å². The van der Waals surface area contributed by atoms with Crippen molar-refractivity contribution in [3.05, 3.63) is 93.2 Å². The SMILES string of the molecule is CCOC(=O)CN1CCN(C(=O)NC2(c3ccccn3)CCN(CCC3(c4ccc(Cl)c(Cl)c4)CCN(C(=O)c4cc(C5C=NN=N5)ccc4OC)C3)CC2)CC1. The molecule has 4 aliphatic rings. The normalized spacial score (nSPS) is 22.1. The van der Waals surface area contributed by atoms with Crippen LogP contribution in [0.5, 0.6) is 5.75 Å².